The second-order valence-corrected chi connectivity index (χ2v) is 7.58. The van der Waals surface area contributed by atoms with E-state index in [1.807, 2.05) is 21.8 Å². The van der Waals surface area contributed by atoms with Gasteiger partial charge in [-0.2, -0.15) is 5.10 Å². The quantitative estimate of drug-likeness (QED) is 0.681. The second-order valence-electron chi connectivity index (χ2n) is 7.58. The van der Waals surface area contributed by atoms with Gasteiger partial charge >= 0.3 is 0 Å². The molecule has 0 bridgehead atoms. The summed E-state index contributed by atoms with van der Waals surface area (Å²) in [6, 6.07) is 6.00. The standard InChI is InChI=1S/C20H23N7O/c28-20(16-4-9-21-10-5-16)25-12-6-15(7-13-25)19-24-23-18(27(19)17-2-3-17)14-26-11-1-8-22-26/h1,4-5,8-11,15,17H,2-3,6-7,12-14H2. The molecule has 3 aromatic rings. The molecule has 1 aliphatic heterocycles. The Kier molecular flexibility index (Phi) is 4.38. The summed E-state index contributed by atoms with van der Waals surface area (Å²) in [5.41, 5.74) is 0.705. The van der Waals surface area contributed by atoms with Gasteiger partial charge < -0.3 is 9.47 Å². The Labute approximate surface area is 163 Å². The number of carbonyl (C=O) groups excluding carboxylic acids is 1. The number of amides is 1. The zero-order valence-electron chi connectivity index (χ0n) is 15.7. The molecule has 8 heteroatoms. The van der Waals surface area contributed by atoms with Crippen LogP contribution in [-0.4, -0.2) is 53.4 Å². The zero-order valence-corrected chi connectivity index (χ0v) is 15.7. The molecule has 0 atom stereocenters. The van der Waals surface area contributed by atoms with Crippen molar-refractivity contribution in [2.45, 2.75) is 44.2 Å². The van der Waals surface area contributed by atoms with Crippen LogP contribution in [0, 0.1) is 0 Å². The van der Waals surface area contributed by atoms with Gasteiger partial charge in [-0.05, 0) is 43.9 Å². The monoisotopic (exact) mass is 377 g/mol. The molecule has 28 heavy (non-hydrogen) atoms. The molecule has 1 aliphatic carbocycles. The molecule has 144 valence electrons. The molecule has 0 aromatic carbocycles. The highest BCUT2D eigenvalue weighted by Gasteiger charge is 2.34. The molecule has 1 saturated heterocycles. The van der Waals surface area contributed by atoms with Gasteiger partial charge in [0.2, 0.25) is 0 Å². The van der Waals surface area contributed by atoms with Crippen LogP contribution in [0.3, 0.4) is 0 Å². The lowest BCUT2D eigenvalue weighted by atomic mass is 9.95. The van der Waals surface area contributed by atoms with Gasteiger partial charge in [-0.15, -0.1) is 10.2 Å². The number of aromatic nitrogens is 6. The van der Waals surface area contributed by atoms with E-state index < -0.39 is 0 Å². The molecule has 4 heterocycles. The first kappa shape index (κ1) is 17.1. The molecule has 2 aliphatic rings. The summed E-state index contributed by atoms with van der Waals surface area (Å²) in [4.78, 5) is 18.6. The third-order valence-corrected chi connectivity index (χ3v) is 5.64. The third-order valence-electron chi connectivity index (χ3n) is 5.64. The number of hydrogen-bond donors (Lipinski definition) is 0. The average Bonchev–Trinajstić information content (AvgIpc) is 3.29. The Bertz CT molecular complexity index is 938. The SMILES string of the molecule is O=C(c1ccncc1)N1CCC(c2nnc(Cn3cccn3)n2C2CC2)CC1. The number of carbonyl (C=O) groups is 1. The van der Waals surface area contributed by atoms with Crippen LogP contribution in [0.1, 0.15) is 59.6 Å². The molecule has 0 N–H and O–H groups in total. The van der Waals surface area contributed by atoms with E-state index in [4.69, 9.17) is 0 Å². The van der Waals surface area contributed by atoms with Gasteiger partial charge in [0.1, 0.15) is 12.4 Å². The van der Waals surface area contributed by atoms with E-state index in [-0.39, 0.29) is 5.91 Å². The fraction of sp³-hybridized carbons (Fsp3) is 0.450. The topological polar surface area (TPSA) is 81.7 Å². The molecule has 0 unspecified atom stereocenters. The van der Waals surface area contributed by atoms with Gasteiger partial charge in [0.15, 0.2) is 5.82 Å². The summed E-state index contributed by atoms with van der Waals surface area (Å²) < 4.78 is 4.23. The summed E-state index contributed by atoms with van der Waals surface area (Å²) in [5.74, 6) is 2.50. The van der Waals surface area contributed by atoms with Crippen LogP contribution >= 0.6 is 0 Å². The van der Waals surface area contributed by atoms with Crippen LogP contribution in [0.2, 0.25) is 0 Å². The number of piperidine rings is 1. The third kappa shape index (κ3) is 3.30. The maximum Gasteiger partial charge on any atom is 0.253 e. The largest absolute Gasteiger partial charge is 0.339 e. The molecule has 1 saturated carbocycles. The van der Waals surface area contributed by atoms with E-state index in [0.717, 1.165) is 37.6 Å². The first-order valence-corrected chi connectivity index (χ1v) is 9.90. The maximum absolute atomic E-state index is 12.7. The van der Waals surface area contributed by atoms with Crippen molar-refractivity contribution in [1.82, 2.24) is 34.4 Å². The molecule has 8 nitrogen and oxygen atoms in total. The summed E-state index contributed by atoms with van der Waals surface area (Å²) in [7, 11) is 0. The molecule has 1 amide bonds. The minimum atomic E-state index is 0.0869. The molecule has 2 fully saturated rings. The van der Waals surface area contributed by atoms with Gasteiger partial charge in [0, 0.05) is 55.4 Å². The van der Waals surface area contributed by atoms with E-state index in [2.05, 4.69) is 24.8 Å². The van der Waals surface area contributed by atoms with Gasteiger partial charge in [0.05, 0.1) is 0 Å². The Balaban J connectivity index is 1.30. The summed E-state index contributed by atoms with van der Waals surface area (Å²) >= 11 is 0. The van der Waals surface area contributed by atoms with E-state index in [1.165, 1.54) is 12.8 Å². The smallest absolute Gasteiger partial charge is 0.253 e. The molecular weight excluding hydrogens is 354 g/mol. The zero-order chi connectivity index (χ0) is 18.9. The molecule has 0 radical (unpaired) electrons. The van der Waals surface area contributed by atoms with Crippen molar-refractivity contribution in [2.75, 3.05) is 13.1 Å². The number of likely N-dealkylation sites (tertiary alicyclic amines) is 1. The highest BCUT2D eigenvalue weighted by Crippen LogP contribution is 2.40. The van der Waals surface area contributed by atoms with Gasteiger partial charge in [-0.25, -0.2) is 0 Å². The van der Waals surface area contributed by atoms with Crippen molar-refractivity contribution in [1.29, 1.82) is 0 Å². The van der Waals surface area contributed by atoms with Crippen LogP contribution in [0.5, 0.6) is 0 Å². The average molecular weight is 377 g/mol. The van der Waals surface area contributed by atoms with E-state index in [0.29, 0.717) is 24.1 Å². The van der Waals surface area contributed by atoms with Crippen LogP contribution in [0.25, 0.3) is 0 Å². The Morgan fingerprint density at radius 2 is 1.82 bits per heavy atom. The predicted octanol–water partition coefficient (Wildman–Crippen LogP) is 2.27. The number of rotatable bonds is 5. The van der Waals surface area contributed by atoms with Crippen molar-refractivity contribution in [3.8, 4) is 0 Å². The van der Waals surface area contributed by atoms with Crippen molar-refractivity contribution >= 4 is 5.91 Å². The second kappa shape index (κ2) is 7.18. The highest BCUT2D eigenvalue weighted by molar-refractivity contribution is 5.94. The summed E-state index contributed by atoms with van der Waals surface area (Å²) in [6.07, 6.45) is 11.3. The fourth-order valence-electron chi connectivity index (χ4n) is 4.01. The summed E-state index contributed by atoms with van der Waals surface area (Å²) in [6.45, 7) is 2.14. The van der Waals surface area contributed by atoms with Crippen LogP contribution in [0.4, 0.5) is 0 Å². The Morgan fingerprint density at radius 1 is 1.04 bits per heavy atom. The lowest BCUT2D eigenvalue weighted by Crippen LogP contribution is -2.38. The van der Waals surface area contributed by atoms with Gasteiger partial charge in [-0.3, -0.25) is 14.5 Å². The molecular formula is C20H23N7O. The van der Waals surface area contributed by atoms with Crippen molar-refractivity contribution < 1.29 is 4.79 Å². The van der Waals surface area contributed by atoms with Crippen molar-refractivity contribution in [2.24, 2.45) is 0 Å². The lowest BCUT2D eigenvalue weighted by Gasteiger charge is -2.32. The van der Waals surface area contributed by atoms with Crippen LogP contribution in [-0.2, 0) is 6.54 Å². The van der Waals surface area contributed by atoms with E-state index in [9.17, 15) is 4.79 Å². The lowest BCUT2D eigenvalue weighted by molar-refractivity contribution is 0.0710. The summed E-state index contributed by atoms with van der Waals surface area (Å²) in [5, 5.41) is 13.4. The minimum absolute atomic E-state index is 0.0869. The van der Waals surface area contributed by atoms with Crippen LogP contribution < -0.4 is 0 Å². The van der Waals surface area contributed by atoms with E-state index in [1.54, 1.807) is 30.7 Å². The van der Waals surface area contributed by atoms with E-state index >= 15 is 0 Å². The number of hydrogen-bond acceptors (Lipinski definition) is 5. The Hall–Kier alpha value is -3.03. The maximum atomic E-state index is 12.7. The molecule has 5 rings (SSSR count). The van der Waals surface area contributed by atoms with Crippen molar-refractivity contribution in [3.05, 3.63) is 60.2 Å². The van der Waals surface area contributed by atoms with Crippen molar-refractivity contribution in [3.63, 3.8) is 0 Å². The van der Waals surface area contributed by atoms with Gasteiger partial charge in [0.25, 0.3) is 5.91 Å². The molecule has 0 spiro atoms. The van der Waals surface area contributed by atoms with Crippen LogP contribution in [0.15, 0.2) is 43.0 Å². The molecule has 3 aromatic heterocycles. The highest BCUT2D eigenvalue weighted by atomic mass is 16.2. The number of nitrogens with zero attached hydrogens (tertiary/aromatic N) is 7. The first-order valence-electron chi connectivity index (χ1n) is 9.90. The Morgan fingerprint density at radius 3 is 2.50 bits per heavy atom. The normalized spacial score (nSPS) is 17.8. The van der Waals surface area contributed by atoms with Gasteiger partial charge in [-0.1, -0.05) is 0 Å². The first-order chi connectivity index (χ1) is 13.8. The fourth-order valence-corrected chi connectivity index (χ4v) is 4.01. The number of pyridine rings is 1. The minimum Gasteiger partial charge on any atom is -0.339 e. The predicted molar refractivity (Wildman–Crippen MR) is 102 cm³/mol.